The molecule has 2 saturated heterocycles. The number of carboxylic acid groups (broad SMARTS) is 1. The van der Waals surface area contributed by atoms with Gasteiger partial charge in [-0.2, -0.15) is 0 Å². The van der Waals surface area contributed by atoms with Crippen molar-refractivity contribution in [3.8, 4) is 0 Å². The number of piperidine rings is 1. The molecule has 7 nitrogen and oxygen atoms in total. The summed E-state index contributed by atoms with van der Waals surface area (Å²) >= 11 is 0. The summed E-state index contributed by atoms with van der Waals surface area (Å²) in [5.41, 5.74) is 0. The average molecular weight is 298 g/mol. The lowest BCUT2D eigenvalue weighted by Gasteiger charge is -2.37. The van der Waals surface area contributed by atoms with Gasteiger partial charge in [0.2, 0.25) is 5.91 Å². The third-order valence-electron chi connectivity index (χ3n) is 4.41. The Morgan fingerprint density at radius 3 is 2.33 bits per heavy atom. The molecule has 0 radical (unpaired) electrons. The molecule has 2 heterocycles. The first kappa shape index (κ1) is 16.0. The fourth-order valence-electron chi connectivity index (χ4n) is 3.14. The first-order valence-corrected chi connectivity index (χ1v) is 7.82. The SMILES string of the molecule is CCN(C(=O)CN1CCN(C(=O)O)CC1)C1CCNCC1. The molecule has 0 bridgehead atoms. The molecule has 2 fully saturated rings. The third kappa shape index (κ3) is 4.31. The standard InChI is InChI=1S/C14H26N4O3/c1-2-18(12-3-5-15-6-4-12)13(19)11-16-7-9-17(10-8-16)14(20)21/h12,15H,2-11H2,1H3,(H,20,21). The van der Waals surface area contributed by atoms with Gasteiger partial charge in [0.1, 0.15) is 0 Å². The number of carbonyl (C=O) groups excluding carboxylic acids is 1. The molecule has 0 aliphatic carbocycles. The lowest BCUT2D eigenvalue weighted by atomic mass is 10.0. The fourth-order valence-corrected chi connectivity index (χ4v) is 3.14. The van der Waals surface area contributed by atoms with E-state index < -0.39 is 6.09 Å². The van der Waals surface area contributed by atoms with Crippen LogP contribution in [0.25, 0.3) is 0 Å². The molecule has 2 aliphatic rings. The van der Waals surface area contributed by atoms with Crippen molar-refractivity contribution in [1.82, 2.24) is 20.0 Å². The minimum Gasteiger partial charge on any atom is -0.465 e. The van der Waals surface area contributed by atoms with Crippen LogP contribution >= 0.6 is 0 Å². The van der Waals surface area contributed by atoms with Gasteiger partial charge in [-0.1, -0.05) is 0 Å². The van der Waals surface area contributed by atoms with Crippen LogP contribution in [0.4, 0.5) is 4.79 Å². The van der Waals surface area contributed by atoms with Gasteiger partial charge in [0.05, 0.1) is 6.54 Å². The normalized spacial score (nSPS) is 21.3. The second-order valence-corrected chi connectivity index (χ2v) is 5.71. The minimum atomic E-state index is -0.870. The van der Waals surface area contributed by atoms with Gasteiger partial charge >= 0.3 is 6.09 Å². The second kappa shape index (κ2) is 7.61. The van der Waals surface area contributed by atoms with Crippen LogP contribution < -0.4 is 5.32 Å². The van der Waals surface area contributed by atoms with Gasteiger partial charge in [0, 0.05) is 38.8 Å². The smallest absolute Gasteiger partial charge is 0.407 e. The molecule has 2 rings (SSSR count). The summed E-state index contributed by atoms with van der Waals surface area (Å²) in [4.78, 5) is 28.8. The fraction of sp³-hybridized carbons (Fsp3) is 0.857. The molecule has 7 heteroatoms. The van der Waals surface area contributed by atoms with Gasteiger partial charge in [0.15, 0.2) is 0 Å². The Labute approximate surface area is 125 Å². The largest absolute Gasteiger partial charge is 0.465 e. The number of piperazine rings is 1. The van der Waals surface area contributed by atoms with Crippen molar-refractivity contribution < 1.29 is 14.7 Å². The molecule has 0 aromatic rings. The number of nitrogens with zero attached hydrogens (tertiary/aromatic N) is 3. The van der Waals surface area contributed by atoms with Crippen LogP contribution in [-0.4, -0.2) is 90.2 Å². The highest BCUT2D eigenvalue weighted by Gasteiger charge is 2.27. The summed E-state index contributed by atoms with van der Waals surface area (Å²) in [5.74, 6) is 0.174. The van der Waals surface area contributed by atoms with E-state index in [1.165, 1.54) is 4.90 Å². The van der Waals surface area contributed by atoms with Gasteiger partial charge in [-0.25, -0.2) is 4.79 Å². The molecule has 0 saturated carbocycles. The van der Waals surface area contributed by atoms with Crippen LogP contribution in [0.2, 0.25) is 0 Å². The number of amides is 2. The molecular formula is C14H26N4O3. The van der Waals surface area contributed by atoms with Crippen molar-refractivity contribution in [2.24, 2.45) is 0 Å². The molecular weight excluding hydrogens is 272 g/mol. The van der Waals surface area contributed by atoms with E-state index in [9.17, 15) is 9.59 Å². The van der Waals surface area contributed by atoms with Gasteiger partial charge in [0.25, 0.3) is 0 Å². The van der Waals surface area contributed by atoms with Crippen LogP contribution in [-0.2, 0) is 4.79 Å². The van der Waals surface area contributed by atoms with Crippen molar-refractivity contribution in [1.29, 1.82) is 0 Å². The number of likely N-dealkylation sites (N-methyl/N-ethyl adjacent to an activating group) is 1. The van der Waals surface area contributed by atoms with Crippen LogP contribution in [0.15, 0.2) is 0 Å². The molecule has 0 unspecified atom stereocenters. The number of nitrogens with one attached hydrogen (secondary N) is 1. The molecule has 0 atom stereocenters. The second-order valence-electron chi connectivity index (χ2n) is 5.71. The summed E-state index contributed by atoms with van der Waals surface area (Å²) < 4.78 is 0. The Balaban J connectivity index is 1.81. The summed E-state index contributed by atoms with van der Waals surface area (Å²) in [5, 5.41) is 12.2. The molecule has 21 heavy (non-hydrogen) atoms. The van der Waals surface area contributed by atoms with E-state index in [0.29, 0.717) is 38.8 Å². The lowest BCUT2D eigenvalue weighted by Crippen LogP contribution is -2.53. The Hall–Kier alpha value is -1.34. The third-order valence-corrected chi connectivity index (χ3v) is 4.41. The highest BCUT2D eigenvalue weighted by atomic mass is 16.4. The van der Waals surface area contributed by atoms with E-state index in [1.54, 1.807) is 0 Å². The van der Waals surface area contributed by atoms with Crippen molar-refractivity contribution in [2.75, 3.05) is 52.4 Å². The molecule has 0 aromatic carbocycles. The summed E-state index contributed by atoms with van der Waals surface area (Å²) in [6.45, 7) is 7.40. The molecule has 120 valence electrons. The maximum absolute atomic E-state index is 12.5. The average Bonchev–Trinajstić information content (AvgIpc) is 2.49. The van der Waals surface area contributed by atoms with Crippen molar-refractivity contribution in [2.45, 2.75) is 25.8 Å². The number of hydrogen-bond donors (Lipinski definition) is 2. The first-order chi connectivity index (χ1) is 10.1. The number of carbonyl (C=O) groups is 2. The van der Waals surface area contributed by atoms with Crippen molar-refractivity contribution >= 4 is 12.0 Å². The summed E-state index contributed by atoms with van der Waals surface area (Å²) in [7, 11) is 0. The molecule has 0 aromatic heterocycles. The lowest BCUT2D eigenvalue weighted by molar-refractivity contribution is -0.135. The van der Waals surface area contributed by atoms with Crippen LogP contribution in [0, 0.1) is 0 Å². The topological polar surface area (TPSA) is 76.1 Å². The van der Waals surface area contributed by atoms with Gasteiger partial charge < -0.3 is 20.2 Å². The summed E-state index contributed by atoms with van der Waals surface area (Å²) in [6, 6.07) is 0.351. The highest BCUT2D eigenvalue weighted by molar-refractivity contribution is 5.78. The zero-order valence-electron chi connectivity index (χ0n) is 12.8. The predicted octanol–water partition coefficient (Wildman–Crippen LogP) is -0.117. The maximum Gasteiger partial charge on any atom is 0.407 e. The Bertz CT molecular complexity index is 363. The summed E-state index contributed by atoms with van der Waals surface area (Å²) in [6.07, 6.45) is 1.17. The van der Waals surface area contributed by atoms with Gasteiger partial charge in [-0.3, -0.25) is 9.69 Å². The quantitative estimate of drug-likeness (QED) is 0.757. The number of hydrogen-bond acceptors (Lipinski definition) is 4. The Morgan fingerprint density at radius 1 is 1.19 bits per heavy atom. The zero-order valence-corrected chi connectivity index (χ0v) is 12.8. The Kier molecular flexibility index (Phi) is 5.81. The van der Waals surface area contributed by atoms with Crippen LogP contribution in [0.1, 0.15) is 19.8 Å². The van der Waals surface area contributed by atoms with E-state index in [2.05, 4.69) is 10.2 Å². The van der Waals surface area contributed by atoms with Crippen molar-refractivity contribution in [3.05, 3.63) is 0 Å². The zero-order chi connectivity index (χ0) is 15.2. The maximum atomic E-state index is 12.5. The van der Waals surface area contributed by atoms with E-state index in [0.717, 1.165) is 32.5 Å². The molecule has 2 amide bonds. The van der Waals surface area contributed by atoms with Gasteiger partial charge in [-0.15, -0.1) is 0 Å². The molecule has 2 N–H and O–H groups in total. The van der Waals surface area contributed by atoms with E-state index in [4.69, 9.17) is 5.11 Å². The predicted molar refractivity (Wildman–Crippen MR) is 79.3 cm³/mol. The van der Waals surface area contributed by atoms with Crippen molar-refractivity contribution in [3.63, 3.8) is 0 Å². The highest BCUT2D eigenvalue weighted by Crippen LogP contribution is 2.13. The van der Waals surface area contributed by atoms with Crippen LogP contribution in [0.5, 0.6) is 0 Å². The number of rotatable bonds is 4. The van der Waals surface area contributed by atoms with Crippen LogP contribution in [0.3, 0.4) is 0 Å². The molecule has 0 spiro atoms. The minimum absolute atomic E-state index is 0.174. The van der Waals surface area contributed by atoms with E-state index in [1.807, 2.05) is 11.8 Å². The monoisotopic (exact) mass is 298 g/mol. The Morgan fingerprint density at radius 2 is 1.81 bits per heavy atom. The van der Waals surface area contributed by atoms with E-state index >= 15 is 0 Å². The van der Waals surface area contributed by atoms with Gasteiger partial charge in [-0.05, 0) is 32.9 Å². The van der Waals surface area contributed by atoms with E-state index in [-0.39, 0.29) is 5.91 Å². The molecule has 2 aliphatic heterocycles. The first-order valence-electron chi connectivity index (χ1n) is 7.82.